The molecular weight excluding hydrogens is 272 g/mol. The first kappa shape index (κ1) is 13.4. The summed E-state index contributed by atoms with van der Waals surface area (Å²) in [6, 6.07) is 2.85. The third kappa shape index (κ3) is 2.94. The fraction of sp³-hybridized carbons (Fsp3) is 0.267. The van der Waals surface area contributed by atoms with Crippen molar-refractivity contribution in [1.29, 1.82) is 0 Å². The minimum Gasteiger partial charge on any atom is -0.478 e. The van der Waals surface area contributed by atoms with Crippen LogP contribution in [-0.2, 0) is 0 Å². The van der Waals surface area contributed by atoms with Crippen molar-refractivity contribution in [2.24, 2.45) is 0 Å². The van der Waals surface area contributed by atoms with Crippen LogP contribution in [0.3, 0.4) is 0 Å². The first-order valence-electron chi connectivity index (χ1n) is 6.66. The maximum absolute atomic E-state index is 11.6. The Labute approximate surface area is 120 Å². The first-order chi connectivity index (χ1) is 10.0. The van der Waals surface area contributed by atoms with E-state index in [1.54, 1.807) is 19.1 Å². The summed E-state index contributed by atoms with van der Waals surface area (Å²) >= 11 is 0. The molecule has 1 saturated carbocycles. The number of aromatic carboxylic acids is 1. The van der Waals surface area contributed by atoms with Gasteiger partial charge in [-0.1, -0.05) is 0 Å². The van der Waals surface area contributed by atoms with Gasteiger partial charge in [-0.05, 0) is 38.0 Å². The molecule has 0 bridgehead atoms. The van der Waals surface area contributed by atoms with Crippen molar-refractivity contribution in [2.75, 3.05) is 0 Å². The maximum Gasteiger partial charge on any atom is 0.339 e. The zero-order valence-corrected chi connectivity index (χ0v) is 11.4. The Bertz CT molecular complexity index is 781. The Hall–Kier alpha value is -2.63. The minimum absolute atomic E-state index is 0.132. The molecule has 0 saturated heterocycles. The van der Waals surface area contributed by atoms with Crippen molar-refractivity contribution < 1.29 is 14.3 Å². The average Bonchev–Trinajstić information content (AvgIpc) is 3.19. The Morgan fingerprint density at radius 1 is 1.43 bits per heavy atom. The van der Waals surface area contributed by atoms with Crippen LogP contribution >= 0.6 is 0 Å². The number of furan rings is 1. The largest absolute Gasteiger partial charge is 0.478 e. The summed E-state index contributed by atoms with van der Waals surface area (Å²) in [4.78, 5) is 29.6. The lowest BCUT2D eigenvalue weighted by Crippen LogP contribution is -2.10. The SMILES string of the molecule is Cc1oc(/C=C/c2cc(=O)[nH]c(C3CC3)n2)cc1C(=O)O. The van der Waals surface area contributed by atoms with E-state index in [1.165, 1.54) is 12.1 Å². The van der Waals surface area contributed by atoms with E-state index in [9.17, 15) is 9.59 Å². The fourth-order valence-electron chi connectivity index (χ4n) is 2.10. The van der Waals surface area contributed by atoms with Crippen LogP contribution in [0.1, 0.15) is 52.2 Å². The topological polar surface area (TPSA) is 96.2 Å². The lowest BCUT2D eigenvalue weighted by Gasteiger charge is -1.98. The van der Waals surface area contributed by atoms with E-state index in [1.807, 2.05) is 0 Å². The van der Waals surface area contributed by atoms with Crippen molar-refractivity contribution in [1.82, 2.24) is 9.97 Å². The summed E-state index contributed by atoms with van der Waals surface area (Å²) in [5, 5.41) is 8.96. The second-order valence-electron chi connectivity index (χ2n) is 5.09. The van der Waals surface area contributed by atoms with Gasteiger partial charge in [-0.3, -0.25) is 4.79 Å². The van der Waals surface area contributed by atoms with Crippen molar-refractivity contribution in [3.8, 4) is 0 Å². The summed E-state index contributed by atoms with van der Waals surface area (Å²) in [6.07, 6.45) is 5.35. The number of aryl methyl sites for hydroxylation is 1. The van der Waals surface area contributed by atoms with E-state index in [0.717, 1.165) is 12.8 Å². The number of aromatic nitrogens is 2. The number of hydrogen-bond donors (Lipinski definition) is 2. The molecule has 0 aromatic carbocycles. The van der Waals surface area contributed by atoms with Gasteiger partial charge in [0.25, 0.3) is 5.56 Å². The molecule has 2 aromatic rings. The Kier molecular flexibility index (Phi) is 3.21. The monoisotopic (exact) mass is 286 g/mol. The summed E-state index contributed by atoms with van der Waals surface area (Å²) in [6.45, 7) is 1.59. The highest BCUT2D eigenvalue weighted by Crippen LogP contribution is 2.37. The molecule has 0 amide bonds. The third-order valence-corrected chi connectivity index (χ3v) is 3.33. The van der Waals surface area contributed by atoms with Crippen LogP contribution < -0.4 is 5.56 Å². The van der Waals surface area contributed by atoms with Crippen molar-refractivity contribution in [3.63, 3.8) is 0 Å². The van der Waals surface area contributed by atoms with Crippen LogP contribution in [0.2, 0.25) is 0 Å². The van der Waals surface area contributed by atoms with Crippen LogP contribution in [0, 0.1) is 6.92 Å². The molecular formula is C15H14N2O4. The predicted octanol–water partition coefficient (Wildman–Crippen LogP) is 2.42. The van der Waals surface area contributed by atoms with E-state index in [-0.39, 0.29) is 11.1 Å². The van der Waals surface area contributed by atoms with Crippen molar-refractivity contribution in [3.05, 3.63) is 51.1 Å². The minimum atomic E-state index is -1.03. The van der Waals surface area contributed by atoms with Crippen molar-refractivity contribution in [2.45, 2.75) is 25.7 Å². The van der Waals surface area contributed by atoms with Gasteiger partial charge in [0.15, 0.2) is 0 Å². The molecule has 108 valence electrons. The van der Waals surface area contributed by atoms with E-state index >= 15 is 0 Å². The standard InChI is InChI=1S/C15H14N2O4/c1-8-12(15(19)20)7-11(21-8)5-4-10-6-13(18)17-14(16-10)9-2-3-9/h4-7,9H,2-3H2,1H3,(H,19,20)(H,16,17,18)/b5-4+. The summed E-state index contributed by atoms with van der Waals surface area (Å²) < 4.78 is 5.34. The lowest BCUT2D eigenvalue weighted by atomic mass is 10.2. The van der Waals surface area contributed by atoms with Gasteiger partial charge in [0.05, 0.1) is 5.69 Å². The molecule has 1 aliphatic carbocycles. The van der Waals surface area contributed by atoms with Gasteiger partial charge < -0.3 is 14.5 Å². The molecule has 0 radical (unpaired) electrons. The highest BCUT2D eigenvalue weighted by molar-refractivity contribution is 5.89. The number of carboxylic acids is 1. The van der Waals surface area contributed by atoms with Gasteiger partial charge in [-0.25, -0.2) is 9.78 Å². The lowest BCUT2D eigenvalue weighted by molar-refractivity contribution is 0.0695. The van der Waals surface area contributed by atoms with Crippen LogP contribution in [0.4, 0.5) is 0 Å². The molecule has 0 spiro atoms. The Morgan fingerprint density at radius 3 is 2.81 bits per heavy atom. The van der Waals surface area contributed by atoms with Crippen LogP contribution in [0.15, 0.2) is 21.3 Å². The number of nitrogens with zero attached hydrogens (tertiary/aromatic N) is 1. The van der Waals surface area contributed by atoms with Crippen LogP contribution in [0.25, 0.3) is 12.2 Å². The van der Waals surface area contributed by atoms with Gasteiger partial charge >= 0.3 is 5.97 Å². The first-order valence-corrected chi connectivity index (χ1v) is 6.66. The zero-order valence-electron chi connectivity index (χ0n) is 11.4. The maximum atomic E-state index is 11.6. The van der Waals surface area contributed by atoms with Gasteiger partial charge in [0.2, 0.25) is 0 Å². The molecule has 0 unspecified atom stereocenters. The van der Waals surface area contributed by atoms with Gasteiger partial charge in [0, 0.05) is 12.0 Å². The molecule has 2 N–H and O–H groups in total. The van der Waals surface area contributed by atoms with E-state index < -0.39 is 5.97 Å². The molecule has 0 aliphatic heterocycles. The zero-order chi connectivity index (χ0) is 15.0. The second-order valence-corrected chi connectivity index (χ2v) is 5.09. The van der Waals surface area contributed by atoms with E-state index in [0.29, 0.717) is 29.0 Å². The molecule has 2 aromatic heterocycles. The van der Waals surface area contributed by atoms with Crippen LogP contribution in [0.5, 0.6) is 0 Å². The number of carbonyl (C=O) groups is 1. The summed E-state index contributed by atoms with van der Waals surface area (Å²) in [5.41, 5.74) is 0.479. The normalized spacial score (nSPS) is 14.7. The number of H-pyrrole nitrogens is 1. The second kappa shape index (κ2) is 5.05. The molecule has 1 aliphatic rings. The number of nitrogens with one attached hydrogen (secondary N) is 1. The average molecular weight is 286 g/mol. The third-order valence-electron chi connectivity index (χ3n) is 3.33. The van der Waals surface area contributed by atoms with E-state index in [4.69, 9.17) is 9.52 Å². The molecule has 3 rings (SSSR count). The number of hydrogen-bond acceptors (Lipinski definition) is 4. The Morgan fingerprint density at radius 2 is 2.19 bits per heavy atom. The quantitative estimate of drug-likeness (QED) is 0.899. The van der Waals surface area contributed by atoms with Gasteiger partial charge in [-0.15, -0.1) is 0 Å². The van der Waals surface area contributed by atoms with Crippen molar-refractivity contribution >= 4 is 18.1 Å². The summed E-state index contributed by atoms with van der Waals surface area (Å²) in [5.74, 6) is 0.806. The fourth-order valence-corrected chi connectivity index (χ4v) is 2.10. The van der Waals surface area contributed by atoms with Gasteiger partial charge in [-0.2, -0.15) is 0 Å². The van der Waals surface area contributed by atoms with E-state index in [2.05, 4.69) is 9.97 Å². The molecule has 21 heavy (non-hydrogen) atoms. The van der Waals surface area contributed by atoms with Gasteiger partial charge in [0.1, 0.15) is 22.9 Å². The Balaban J connectivity index is 1.87. The van der Waals surface area contributed by atoms with Crippen LogP contribution in [-0.4, -0.2) is 21.0 Å². The predicted molar refractivity (Wildman–Crippen MR) is 76.2 cm³/mol. The highest BCUT2D eigenvalue weighted by Gasteiger charge is 2.26. The summed E-state index contributed by atoms with van der Waals surface area (Å²) in [7, 11) is 0. The number of aromatic amines is 1. The molecule has 6 nitrogen and oxygen atoms in total. The molecule has 6 heteroatoms. The molecule has 1 fully saturated rings. The number of rotatable bonds is 4. The highest BCUT2D eigenvalue weighted by atomic mass is 16.4. The molecule has 2 heterocycles. The molecule has 0 atom stereocenters. The number of carboxylic acid groups (broad SMARTS) is 1. The smallest absolute Gasteiger partial charge is 0.339 e.